The Labute approximate surface area is 56.4 Å². The summed E-state index contributed by atoms with van der Waals surface area (Å²) in [5.41, 5.74) is 1.82. The molecule has 0 atom stereocenters. The molecule has 0 bridgehead atoms. The lowest BCUT2D eigenvalue weighted by Crippen LogP contribution is -1.93. The lowest BCUT2D eigenvalue weighted by atomic mass is 10.5. The van der Waals surface area contributed by atoms with Gasteiger partial charge in [0.1, 0.15) is 0 Å². The van der Waals surface area contributed by atoms with Gasteiger partial charge in [-0.05, 0) is 12.1 Å². The van der Waals surface area contributed by atoms with E-state index in [0.29, 0.717) is 5.15 Å². The van der Waals surface area contributed by atoms with Gasteiger partial charge in [-0.2, -0.15) is 0 Å². The zero-order valence-corrected chi connectivity index (χ0v) is 5.13. The van der Waals surface area contributed by atoms with Crippen LogP contribution in [0.1, 0.15) is 0 Å². The second-order valence-corrected chi connectivity index (χ2v) is 1.74. The van der Waals surface area contributed by atoms with E-state index in [9.17, 15) is 0 Å². The minimum atomic E-state index is 0.277. The fourth-order valence-corrected chi connectivity index (χ4v) is 0.476. The Morgan fingerprint density at radius 2 is 2.22 bits per heavy atom. The van der Waals surface area contributed by atoms with Gasteiger partial charge in [0.25, 0.3) is 0 Å². The quantitative estimate of drug-likeness (QED) is 0.578. The first kappa shape index (κ1) is 6.25. The van der Waals surface area contributed by atoms with Crippen molar-refractivity contribution >= 4 is 17.4 Å². The molecule has 0 aliphatic rings. The molecule has 48 valence electrons. The highest BCUT2D eigenvalue weighted by molar-refractivity contribution is 6.29. The Bertz CT molecular complexity index is 188. The second-order valence-electron chi connectivity index (χ2n) is 1.35. The highest BCUT2D eigenvalue weighted by atomic mass is 35.5. The topological polar surface area (TPSA) is 58.0 Å². The summed E-state index contributed by atoms with van der Waals surface area (Å²) in [4.78, 5) is 0. The maximum Gasteiger partial charge on any atom is 0.172 e. The van der Waals surface area contributed by atoms with Gasteiger partial charge in [-0.15, -0.1) is 10.2 Å². The molecular weight excluding hydrogens is 142 g/mol. The molecule has 0 aliphatic carbocycles. The molecule has 0 saturated carbocycles. The molecule has 0 radical (unpaired) electrons. The van der Waals surface area contributed by atoms with Crippen LogP contribution in [0.2, 0.25) is 5.15 Å². The van der Waals surface area contributed by atoms with E-state index in [1.54, 1.807) is 0 Å². The van der Waals surface area contributed by atoms with E-state index in [2.05, 4.69) is 10.2 Å². The van der Waals surface area contributed by atoms with E-state index in [4.69, 9.17) is 16.8 Å². The minimum Gasteiger partial charge on any atom is -0.290 e. The van der Waals surface area contributed by atoms with Gasteiger partial charge in [0.05, 0.1) is 0 Å². The fraction of sp³-hybridized carbons (Fsp3) is 0. The average molecular weight is 146 g/mol. The van der Waals surface area contributed by atoms with Gasteiger partial charge in [0.2, 0.25) is 0 Å². The van der Waals surface area contributed by atoms with Crippen molar-refractivity contribution in [3.05, 3.63) is 17.3 Å². The van der Waals surface area contributed by atoms with Gasteiger partial charge in [-0.1, -0.05) is 11.6 Å². The van der Waals surface area contributed by atoms with E-state index in [-0.39, 0.29) is 5.82 Å². The van der Waals surface area contributed by atoms with Gasteiger partial charge >= 0.3 is 0 Å². The molecule has 2 N–H and O–H groups in total. The van der Waals surface area contributed by atoms with Crippen LogP contribution < -0.4 is 5.48 Å². The smallest absolute Gasteiger partial charge is 0.172 e. The van der Waals surface area contributed by atoms with Crippen LogP contribution in [-0.2, 0) is 0 Å². The first-order valence-corrected chi connectivity index (χ1v) is 2.60. The van der Waals surface area contributed by atoms with E-state index in [0.717, 1.165) is 0 Å². The van der Waals surface area contributed by atoms with Gasteiger partial charge in [-0.3, -0.25) is 10.7 Å². The molecule has 4 nitrogen and oxygen atoms in total. The molecule has 9 heavy (non-hydrogen) atoms. The standard InChI is InChI=1S/C4H4ClN3O/c5-3-1-2-4(8-9)7-6-3/h1-2,9H,(H,7,8). The zero-order valence-electron chi connectivity index (χ0n) is 4.37. The molecule has 0 spiro atoms. The van der Waals surface area contributed by atoms with Crippen molar-refractivity contribution < 1.29 is 5.21 Å². The highest BCUT2D eigenvalue weighted by Gasteiger charge is 1.89. The van der Waals surface area contributed by atoms with Gasteiger partial charge in [0.15, 0.2) is 11.0 Å². The molecule has 1 aromatic heterocycles. The van der Waals surface area contributed by atoms with Crippen molar-refractivity contribution in [2.24, 2.45) is 0 Å². The summed E-state index contributed by atoms with van der Waals surface area (Å²) < 4.78 is 0. The Morgan fingerprint density at radius 1 is 1.44 bits per heavy atom. The molecule has 5 heteroatoms. The summed E-state index contributed by atoms with van der Waals surface area (Å²) >= 11 is 5.39. The van der Waals surface area contributed by atoms with Crippen molar-refractivity contribution in [2.45, 2.75) is 0 Å². The number of nitrogens with one attached hydrogen (secondary N) is 1. The monoisotopic (exact) mass is 145 g/mol. The number of hydrogen-bond acceptors (Lipinski definition) is 4. The molecule has 0 fully saturated rings. The van der Waals surface area contributed by atoms with Crippen molar-refractivity contribution in [3.63, 3.8) is 0 Å². The fourth-order valence-electron chi connectivity index (χ4n) is 0.376. The molecular formula is C4H4ClN3O. The van der Waals surface area contributed by atoms with E-state index in [1.807, 2.05) is 5.48 Å². The Morgan fingerprint density at radius 3 is 2.67 bits per heavy atom. The minimum absolute atomic E-state index is 0.277. The summed E-state index contributed by atoms with van der Waals surface area (Å²) in [6.07, 6.45) is 0. The summed E-state index contributed by atoms with van der Waals surface area (Å²) in [6, 6.07) is 3.03. The molecule has 0 saturated heterocycles. The van der Waals surface area contributed by atoms with Crippen LogP contribution in [0.25, 0.3) is 0 Å². The molecule has 1 heterocycles. The molecule has 0 amide bonds. The van der Waals surface area contributed by atoms with Crippen molar-refractivity contribution in [3.8, 4) is 0 Å². The average Bonchev–Trinajstić information content (AvgIpc) is 1.90. The van der Waals surface area contributed by atoms with E-state index < -0.39 is 0 Å². The van der Waals surface area contributed by atoms with Crippen LogP contribution in [0.5, 0.6) is 0 Å². The number of anilines is 1. The van der Waals surface area contributed by atoms with E-state index >= 15 is 0 Å². The van der Waals surface area contributed by atoms with E-state index in [1.165, 1.54) is 12.1 Å². The lowest BCUT2D eigenvalue weighted by molar-refractivity contribution is 0.385. The van der Waals surface area contributed by atoms with Crippen LogP contribution >= 0.6 is 11.6 Å². The normalized spacial score (nSPS) is 9.11. The summed E-state index contributed by atoms with van der Waals surface area (Å²) in [7, 11) is 0. The summed E-state index contributed by atoms with van der Waals surface area (Å²) in [5.74, 6) is 0.277. The van der Waals surface area contributed by atoms with Gasteiger partial charge in [0, 0.05) is 0 Å². The van der Waals surface area contributed by atoms with Gasteiger partial charge < -0.3 is 0 Å². The third-order valence-electron chi connectivity index (χ3n) is 0.747. The molecule has 0 aliphatic heterocycles. The number of halogens is 1. The third kappa shape index (κ3) is 1.51. The molecule has 0 unspecified atom stereocenters. The Kier molecular flexibility index (Phi) is 1.81. The lowest BCUT2D eigenvalue weighted by Gasteiger charge is -1.92. The molecule has 0 aromatic carbocycles. The van der Waals surface area contributed by atoms with Crippen molar-refractivity contribution in [2.75, 3.05) is 5.48 Å². The van der Waals surface area contributed by atoms with Crippen molar-refractivity contribution in [1.82, 2.24) is 10.2 Å². The number of nitrogens with zero attached hydrogens (tertiary/aromatic N) is 2. The van der Waals surface area contributed by atoms with Crippen molar-refractivity contribution in [1.29, 1.82) is 0 Å². The summed E-state index contributed by atoms with van der Waals surface area (Å²) in [6.45, 7) is 0. The van der Waals surface area contributed by atoms with Gasteiger partial charge in [-0.25, -0.2) is 0 Å². The predicted octanol–water partition coefficient (Wildman–Crippen LogP) is 0.931. The van der Waals surface area contributed by atoms with Crippen LogP contribution in [0, 0.1) is 0 Å². The Balaban J connectivity index is 2.88. The maximum atomic E-state index is 8.23. The Hall–Kier alpha value is -0.870. The van der Waals surface area contributed by atoms with Crippen LogP contribution in [-0.4, -0.2) is 15.4 Å². The summed E-state index contributed by atoms with van der Waals surface area (Å²) in [5, 5.41) is 15.4. The number of rotatable bonds is 1. The SMILES string of the molecule is ONc1ccc(Cl)nn1. The highest BCUT2D eigenvalue weighted by Crippen LogP contribution is 2.03. The number of hydrogen-bond donors (Lipinski definition) is 2. The second kappa shape index (κ2) is 2.61. The van der Waals surface area contributed by atoms with Crippen LogP contribution in [0.3, 0.4) is 0 Å². The van der Waals surface area contributed by atoms with Crippen LogP contribution in [0.4, 0.5) is 5.82 Å². The number of aromatic nitrogens is 2. The van der Waals surface area contributed by atoms with Crippen LogP contribution in [0.15, 0.2) is 12.1 Å². The zero-order chi connectivity index (χ0) is 6.69. The predicted molar refractivity (Wildman–Crippen MR) is 32.5 cm³/mol. The first-order valence-electron chi connectivity index (χ1n) is 2.22. The first-order chi connectivity index (χ1) is 4.33. The maximum absolute atomic E-state index is 8.23. The largest absolute Gasteiger partial charge is 0.290 e. The molecule has 1 aromatic rings. The third-order valence-corrected chi connectivity index (χ3v) is 0.948. The molecule has 1 rings (SSSR count).